The van der Waals surface area contributed by atoms with Crippen LogP contribution in [-0.4, -0.2) is 32.8 Å². The fourth-order valence-electron chi connectivity index (χ4n) is 2.83. The second-order valence-electron chi connectivity index (χ2n) is 6.38. The largest absolute Gasteiger partial charge is 0.340 e. The maximum absolute atomic E-state index is 11.9. The molecule has 1 saturated carbocycles. The molecular formula is C16H19N5O. The SMILES string of the molecule is Cc1cnc(N2CC(Cn3nc(C4CC4)ccc3=O)C2)nc1. The summed E-state index contributed by atoms with van der Waals surface area (Å²) in [6, 6.07) is 3.53. The molecule has 2 aliphatic rings. The van der Waals surface area contributed by atoms with Gasteiger partial charge in [0.1, 0.15) is 0 Å². The van der Waals surface area contributed by atoms with Crippen LogP contribution >= 0.6 is 0 Å². The lowest BCUT2D eigenvalue weighted by molar-refractivity contribution is 0.329. The average molecular weight is 297 g/mol. The van der Waals surface area contributed by atoms with Crippen molar-refractivity contribution in [3.63, 3.8) is 0 Å². The predicted octanol–water partition coefficient (Wildman–Crippen LogP) is 1.36. The van der Waals surface area contributed by atoms with E-state index >= 15 is 0 Å². The van der Waals surface area contributed by atoms with Gasteiger partial charge in [0.2, 0.25) is 5.95 Å². The molecular weight excluding hydrogens is 278 g/mol. The third-order valence-electron chi connectivity index (χ3n) is 4.32. The van der Waals surface area contributed by atoms with Gasteiger partial charge in [-0.25, -0.2) is 14.6 Å². The highest BCUT2D eigenvalue weighted by atomic mass is 16.1. The summed E-state index contributed by atoms with van der Waals surface area (Å²) in [6.45, 7) is 4.42. The first-order valence-corrected chi connectivity index (χ1v) is 7.81. The molecule has 2 aromatic rings. The molecule has 0 amide bonds. The summed E-state index contributed by atoms with van der Waals surface area (Å²) in [4.78, 5) is 22.8. The number of aryl methyl sites for hydroxylation is 1. The van der Waals surface area contributed by atoms with Crippen molar-refractivity contribution in [2.75, 3.05) is 18.0 Å². The zero-order chi connectivity index (χ0) is 15.1. The molecule has 6 nitrogen and oxygen atoms in total. The van der Waals surface area contributed by atoms with Gasteiger partial charge in [-0.15, -0.1) is 0 Å². The van der Waals surface area contributed by atoms with E-state index in [1.54, 1.807) is 10.7 Å². The smallest absolute Gasteiger partial charge is 0.266 e. The van der Waals surface area contributed by atoms with Crippen LogP contribution in [0.25, 0.3) is 0 Å². The van der Waals surface area contributed by atoms with Crippen molar-refractivity contribution < 1.29 is 0 Å². The monoisotopic (exact) mass is 297 g/mol. The van der Waals surface area contributed by atoms with Gasteiger partial charge >= 0.3 is 0 Å². The maximum atomic E-state index is 11.9. The van der Waals surface area contributed by atoms with E-state index in [0.29, 0.717) is 18.4 Å². The second-order valence-corrected chi connectivity index (χ2v) is 6.38. The Labute approximate surface area is 128 Å². The van der Waals surface area contributed by atoms with Crippen LogP contribution in [0.3, 0.4) is 0 Å². The lowest BCUT2D eigenvalue weighted by atomic mass is 10.0. The first-order valence-electron chi connectivity index (χ1n) is 7.81. The van der Waals surface area contributed by atoms with Crippen molar-refractivity contribution in [3.05, 3.63) is 46.1 Å². The maximum Gasteiger partial charge on any atom is 0.266 e. The minimum Gasteiger partial charge on any atom is -0.340 e. The van der Waals surface area contributed by atoms with Crippen molar-refractivity contribution in [2.24, 2.45) is 5.92 Å². The molecule has 1 saturated heterocycles. The summed E-state index contributed by atoms with van der Waals surface area (Å²) < 4.78 is 1.63. The van der Waals surface area contributed by atoms with E-state index in [1.807, 2.05) is 25.4 Å². The molecule has 1 aliphatic heterocycles. The van der Waals surface area contributed by atoms with Crippen LogP contribution in [0, 0.1) is 12.8 Å². The molecule has 0 unspecified atom stereocenters. The number of hydrogen-bond acceptors (Lipinski definition) is 5. The van der Waals surface area contributed by atoms with Gasteiger partial charge in [0.15, 0.2) is 0 Å². The molecule has 0 N–H and O–H groups in total. The molecule has 0 aromatic carbocycles. The predicted molar refractivity (Wildman–Crippen MR) is 82.9 cm³/mol. The minimum absolute atomic E-state index is 0.00515. The lowest BCUT2D eigenvalue weighted by Crippen LogP contribution is -2.50. The Morgan fingerprint density at radius 2 is 1.91 bits per heavy atom. The highest BCUT2D eigenvalue weighted by Crippen LogP contribution is 2.38. The van der Waals surface area contributed by atoms with E-state index in [0.717, 1.165) is 30.3 Å². The zero-order valence-electron chi connectivity index (χ0n) is 12.6. The van der Waals surface area contributed by atoms with Crippen LogP contribution in [0.5, 0.6) is 0 Å². The van der Waals surface area contributed by atoms with Crippen LogP contribution in [0.4, 0.5) is 5.95 Å². The third kappa shape index (κ3) is 2.61. The Morgan fingerprint density at radius 1 is 1.18 bits per heavy atom. The first kappa shape index (κ1) is 13.4. The normalized spacial score (nSPS) is 18.3. The van der Waals surface area contributed by atoms with E-state index in [-0.39, 0.29) is 5.56 Å². The molecule has 6 heteroatoms. The number of nitrogens with zero attached hydrogens (tertiary/aromatic N) is 5. The molecule has 0 atom stereocenters. The fraction of sp³-hybridized carbons (Fsp3) is 0.500. The average Bonchev–Trinajstić information content (AvgIpc) is 3.30. The molecule has 2 fully saturated rings. The molecule has 2 aromatic heterocycles. The van der Waals surface area contributed by atoms with Gasteiger partial charge in [-0.2, -0.15) is 5.10 Å². The van der Waals surface area contributed by atoms with E-state index < -0.39 is 0 Å². The fourth-order valence-corrected chi connectivity index (χ4v) is 2.83. The Bertz CT molecular complexity index is 729. The third-order valence-corrected chi connectivity index (χ3v) is 4.32. The first-order chi connectivity index (χ1) is 10.7. The number of rotatable bonds is 4. The van der Waals surface area contributed by atoms with Gasteiger partial charge in [-0.05, 0) is 31.4 Å². The van der Waals surface area contributed by atoms with Crippen molar-refractivity contribution in [3.8, 4) is 0 Å². The summed E-state index contributed by atoms with van der Waals surface area (Å²) in [6.07, 6.45) is 6.07. The van der Waals surface area contributed by atoms with Crippen LogP contribution in [-0.2, 0) is 6.54 Å². The lowest BCUT2D eigenvalue weighted by Gasteiger charge is -2.39. The summed E-state index contributed by atoms with van der Waals surface area (Å²) in [5.74, 6) is 1.78. The number of hydrogen-bond donors (Lipinski definition) is 0. The topological polar surface area (TPSA) is 63.9 Å². The van der Waals surface area contributed by atoms with Crippen molar-refractivity contribution in [2.45, 2.75) is 32.2 Å². The molecule has 4 rings (SSSR count). The Balaban J connectivity index is 1.40. The highest BCUT2D eigenvalue weighted by Gasteiger charge is 2.30. The van der Waals surface area contributed by atoms with E-state index in [9.17, 15) is 4.79 Å². The quantitative estimate of drug-likeness (QED) is 0.852. The van der Waals surface area contributed by atoms with Gasteiger partial charge in [0.25, 0.3) is 5.56 Å². The van der Waals surface area contributed by atoms with Crippen LogP contribution in [0.2, 0.25) is 0 Å². The molecule has 1 aliphatic carbocycles. The van der Waals surface area contributed by atoms with Crippen molar-refractivity contribution in [1.82, 2.24) is 19.7 Å². The molecule has 0 radical (unpaired) electrons. The summed E-state index contributed by atoms with van der Waals surface area (Å²) >= 11 is 0. The van der Waals surface area contributed by atoms with Crippen molar-refractivity contribution >= 4 is 5.95 Å². The van der Waals surface area contributed by atoms with E-state index in [1.165, 1.54) is 12.8 Å². The van der Waals surface area contributed by atoms with Gasteiger partial charge in [-0.1, -0.05) is 0 Å². The van der Waals surface area contributed by atoms with Gasteiger partial charge in [0, 0.05) is 43.4 Å². The van der Waals surface area contributed by atoms with Crippen LogP contribution in [0.15, 0.2) is 29.3 Å². The minimum atomic E-state index is -0.00515. The van der Waals surface area contributed by atoms with Gasteiger partial charge in [-0.3, -0.25) is 4.79 Å². The molecule has 0 bridgehead atoms. The van der Waals surface area contributed by atoms with E-state index in [4.69, 9.17) is 0 Å². The zero-order valence-corrected chi connectivity index (χ0v) is 12.6. The summed E-state index contributed by atoms with van der Waals surface area (Å²) in [5.41, 5.74) is 2.13. The van der Waals surface area contributed by atoms with E-state index in [2.05, 4.69) is 20.0 Å². The summed E-state index contributed by atoms with van der Waals surface area (Å²) in [5, 5.41) is 4.52. The van der Waals surface area contributed by atoms with Gasteiger partial charge in [0.05, 0.1) is 12.2 Å². The highest BCUT2D eigenvalue weighted by molar-refractivity contribution is 5.33. The molecule has 114 valence electrons. The number of anilines is 1. The molecule has 3 heterocycles. The number of aromatic nitrogens is 4. The second kappa shape index (κ2) is 5.19. The van der Waals surface area contributed by atoms with Crippen LogP contribution < -0.4 is 10.5 Å². The summed E-state index contributed by atoms with van der Waals surface area (Å²) in [7, 11) is 0. The van der Waals surface area contributed by atoms with Crippen molar-refractivity contribution in [1.29, 1.82) is 0 Å². The molecule has 22 heavy (non-hydrogen) atoms. The Morgan fingerprint density at radius 3 is 2.59 bits per heavy atom. The Kier molecular flexibility index (Phi) is 3.17. The standard InChI is InChI=1S/C16H19N5O/c1-11-6-17-16(18-7-11)20-8-12(9-20)10-21-15(22)5-4-14(19-21)13-2-3-13/h4-7,12-13H,2-3,8-10H2,1H3. The van der Waals surface area contributed by atoms with Gasteiger partial charge < -0.3 is 4.90 Å². The van der Waals surface area contributed by atoms with Crippen LogP contribution in [0.1, 0.15) is 30.0 Å². The Hall–Kier alpha value is -2.24. The molecule has 0 spiro atoms.